The number of benzene rings is 1. The molecule has 0 radical (unpaired) electrons. The highest BCUT2D eigenvalue weighted by atomic mass is 35.5. The number of rotatable bonds is 3. The van der Waals surface area contributed by atoms with Crippen LogP contribution in [0.2, 0.25) is 10.0 Å². The molecule has 20 heavy (non-hydrogen) atoms. The summed E-state index contributed by atoms with van der Waals surface area (Å²) < 4.78 is 0. The molecule has 1 aliphatic heterocycles. The van der Waals surface area contributed by atoms with Crippen LogP contribution in [-0.4, -0.2) is 30.4 Å². The molecule has 1 saturated carbocycles. The van der Waals surface area contributed by atoms with Gasteiger partial charge in [0.25, 0.3) is 0 Å². The molecule has 108 valence electrons. The largest absolute Gasteiger partial charge is 0.342 e. The highest BCUT2D eigenvalue weighted by molar-refractivity contribution is 6.34. The van der Waals surface area contributed by atoms with Crippen molar-refractivity contribution in [1.82, 2.24) is 4.90 Å². The van der Waals surface area contributed by atoms with E-state index in [2.05, 4.69) is 0 Å². The molecule has 2 N–H and O–H groups in total. The smallest absolute Gasteiger partial charge is 0.226 e. The molecule has 3 atom stereocenters. The molecule has 1 aliphatic carbocycles. The summed E-state index contributed by atoms with van der Waals surface area (Å²) in [6, 6.07) is 5.55. The van der Waals surface area contributed by atoms with Gasteiger partial charge in [0.15, 0.2) is 0 Å². The Morgan fingerprint density at radius 2 is 2.00 bits per heavy atom. The van der Waals surface area contributed by atoms with Crippen molar-refractivity contribution in [2.45, 2.75) is 18.8 Å². The fourth-order valence-corrected chi connectivity index (χ4v) is 3.63. The van der Waals surface area contributed by atoms with Gasteiger partial charge >= 0.3 is 0 Å². The van der Waals surface area contributed by atoms with Crippen LogP contribution in [0.5, 0.6) is 0 Å². The van der Waals surface area contributed by atoms with Crippen LogP contribution in [0.3, 0.4) is 0 Å². The molecule has 1 heterocycles. The molecule has 5 heteroatoms. The molecular weight excluding hydrogens is 295 g/mol. The van der Waals surface area contributed by atoms with Gasteiger partial charge in [-0.2, -0.15) is 0 Å². The van der Waals surface area contributed by atoms with Crippen molar-refractivity contribution in [3.63, 3.8) is 0 Å². The summed E-state index contributed by atoms with van der Waals surface area (Å²) >= 11 is 12.0. The van der Waals surface area contributed by atoms with Crippen molar-refractivity contribution >= 4 is 29.1 Å². The number of carbonyl (C=O) groups is 1. The number of hydrogen-bond donors (Lipinski definition) is 1. The van der Waals surface area contributed by atoms with Gasteiger partial charge in [-0.3, -0.25) is 4.79 Å². The van der Waals surface area contributed by atoms with Crippen LogP contribution in [0.15, 0.2) is 18.2 Å². The first-order valence-electron chi connectivity index (χ1n) is 7.03. The quantitative estimate of drug-likeness (QED) is 0.932. The molecule has 0 unspecified atom stereocenters. The van der Waals surface area contributed by atoms with Gasteiger partial charge in [-0.15, -0.1) is 0 Å². The van der Waals surface area contributed by atoms with Gasteiger partial charge in [0, 0.05) is 29.1 Å². The lowest BCUT2D eigenvalue weighted by molar-refractivity contribution is -0.131. The maximum absolute atomic E-state index is 12.4. The summed E-state index contributed by atoms with van der Waals surface area (Å²) in [5.74, 6) is 1.11. The van der Waals surface area contributed by atoms with E-state index in [-0.39, 0.29) is 17.7 Å². The Labute approximate surface area is 129 Å². The lowest BCUT2D eigenvalue weighted by atomic mass is 10.1. The summed E-state index contributed by atoms with van der Waals surface area (Å²) in [6.45, 7) is 2.33. The zero-order chi connectivity index (χ0) is 14.3. The normalized spacial score (nSPS) is 28.8. The predicted molar refractivity (Wildman–Crippen MR) is 81.1 cm³/mol. The fraction of sp³-hybridized carbons (Fsp3) is 0.533. The Hall–Kier alpha value is -0.770. The summed E-state index contributed by atoms with van der Waals surface area (Å²) in [5.41, 5.74) is 6.75. The minimum absolute atomic E-state index is 0.0982. The second-order valence-corrected chi connectivity index (χ2v) is 6.70. The van der Waals surface area contributed by atoms with Gasteiger partial charge in [0.1, 0.15) is 0 Å². The van der Waals surface area contributed by atoms with Gasteiger partial charge in [-0.05, 0) is 55.0 Å². The van der Waals surface area contributed by atoms with E-state index in [1.807, 2.05) is 17.0 Å². The predicted octanol–water partition coefficient (Wildman–Crippen LogP) is 2.90. The van der Waals surface area contributed by atoms with E-state index in [1.165, 1.54) is 0 Å². The van der Waals surface area contributed by atoms with E-state index in [9.17, 15) is 4.79 Å². The molecule has 1 aromatic carbocycles. The Morgan fingerprint density at radius 1 is 1.30 bits per heavy atom. The van der Waals surface area contributed by atoms with Crippen LogP contribution in [0.1, 0.15) is 24.3 Å². The summed E-state index contributed by atoms with van der Waals surface area (Å²) in [5, 5.41) is 1.27. The van der Waals surface area contributed by atoms with Gasteiger partial charge in [-0.25, -0.2) is 0 Å². The van der Waals surface area contributed by atoms with E-state index < -0.39 is 0 Å². The number of hydrogen-bond acceptors (Lipinski definition) is 2. The SMILES string of the molecule is NC[C@@H]1CCN(C(=O)[C@H]2C[C@H]2c2cc(Cl)cc(Cl)c2)C1. The minimum Gasteiger partial charge on any atom is -0.342 e. The van der Waals surface area contributed by atoms with Crippen molar-refractivity contribution in [3.05, 3.63) is 33.8 Å². The second kappa shape index (κ2) is 5.55. The minimum atomic E-state index is 0.0982. The van der Waals surface area contributed by atoms with Crippen molar-refractivity contribution in [2.24, 2.45) is 17.6 Å². The lowest BCUT2D eigenvalue weighted by Gasteiger charge is -2.16. The van der Waals surface area contributed by atoms with Crippen LogP contribution >= 0.6 is 23.2 Å². The first-order chi connectivity index (χ1) is 9.58. The Morgan fingerprint density at radius 3 is 2.60 bits per heavy atom. The van der Waals surface area contributed by atoms with Crippen molar-refractivity contribution in [2.75, 3.05) is 19.6 Å². The molecule has 2 aliphatic rings. The first-order valence-corrected chi connectivity index (χ1v) is 7.79. The third-order valence-corrected chi connectivity index (χ3v) is 4.79. The van der Waals surface area contributed by atoms with Crippen molar-refractivity contribution in [3.8, 4) is 0 Å². The third kappa shape index (κ3) is 2.80. The van der Waals surface area contributed by atoms with Gasteiger partial charge in [0.05, 0.1) is 0 Å². The zero-order valence-electron chi connectivity index (χ0n) is 11.2. The first kappa shape index (κ1) is 14.2. The van der Waals surface area contributed by atoms with E-state index in [4.69, 9.17) is 28.9 Å². The van der Waals surface area contributed by atoms with Crippen LogP contribution in [0.4, 0.5) is 0 Å². The van der Waals surface area contributed by atoms with Gasteiger partial charge in [-0.1, -0.05) is 23.2 Å². The van der Waals surface area contributed by atoms with Crippen LogP contribution in [-0.2, 0) is 4.79 Å². The van der Waals surface area contributed by atoms with E-state index >= 15 is 0 Å². The molecule has 3 rings (SSSR count). The number of amides is 1. The number of halogens is 2. The highest BCUT2D eigenvalue weighted by Crippen LogP contribution is 2.49. The zero-order valence-corrected chi connectivity index (χ0v) is 12.7. The maximum atomic E-state index is 12.4. The monoisotopic (exact) mass is 312 g/mol. The van der Waals surface area contributed by atoms with Gasteiger partial charge < -0.3 is 10.6 Å². The number of nitrogens with zero attached hydrogens (tertiary/aromatic N) is 1. The summed E-state index contributed by atoms with van der Waals surface area (Å²) in [7, 11) is 0. The Bertz CT molecular complexity index is 514. The molecular formula is C15H18Cl2N2O. The molecule has 1 amide bonds. The molecule has 0 spiro atoms. The van der Waals surface area contributed by atoms with Gasteiger partial charge in [0.2, 0.25) is 5.91 Å². The molecule has 0 aromatic heterocycles. The van der Waals surface area contributed by atoms with Crippen LogP contribution in [0, 0.1) is 11.8 Å². The van der Waals surface area contributed by atoms with Crippen molar-refractivity contribution < 1.29 is 4.79 Å². The molecule has 1 aromatic rings. The Kier molecular flexibility index (Phi) is 3.93. The average molecular weight is 313 g/mol. The van der Waals surface area contributed by atoms with Crippen molar-refractivity contribution in [1.29, 1.82) is 0 Å². The average Bonchev–Trinajstić information content (AvgIpc) is 3.06. The van der Waals surface area contributed by atoms with E-state index in [1.54, 1.807) is 6.07 Å². The summed E-state index contributed by atoms with van der Waals surface area (Å²) in [6.07, 6.45) is 1.93. The third-order valence-electron chi connectivity index (χ3n) is 4.35. The van der Waals surface area contributed by atoms with Crippen LogP contribution in [0.25, 0.3) is 0 Å². The lowest BCUT2D eigenvalue weighted by Crippen LogP contribution is -2.31. The molecule has 0 bridgehead atoms. The Balaban J connectivity index is 1.65. The number of likely N-dealkylation sites (tertiary alicyclic amines) is 1. The highest BCUT2D eigenvalue weighted by Gasteiger charge is 2.46. The van der Waals surface area contributed by atoms with E-state index in [0.717, 1.165) is 31.5 Å². The molecule has 3 nitrogen and oxygen atoms in total. The van der Waals surface area contributed by atoms with Crippen LogP contribution < -0.4 is 5.73 Å². The standard InChI is InChI=1S/C15H18Cl2N2O/c16-11-3-10(4-12(17)5-11)13-6-14(13)15(20)19-2-1-9(7-18)8-19/h3-5,9,13-14H,1-2,6-8,18H2/t9-,13-,14-/m0/s1. The molecule has 1 saturated heterocycles. The maximum Gasteiger partial charge on any atom is 0.226 e. The summed E-state index contributed by atoms with van der Waals surface area (Å²) in [4.78, 5) is 14.4. The number of nitrogens with two attached hydrogens (primary N) is 1. The molecule has 2 fully saturated rings. The number of carbonyl (C=O) groups excluding carboxylic acids is 1. The van der Waals surface area contributed by atoms with E-state index in [0.29, 0.717) is 22.5 Å². The fourth-order valence-electron chi connectivity index (χ4n) is 3.09. The second-order valence-electron chi connectivity index (χ2n) is 5.83. The topological polar surface area (TPSA) is 46.3 Å².